The number of carbonyl (C=O) groups is 1. The number of hydrogen-bond acceptors (Lipinski definition) is 5. The summed E-state index contributed by atoms with van der Waals surface area (Å²) in [5, 5.41) is 0. The van der Waals surface area contributed by atoms with E-state index in [1.807, 2.05) is 0 Å². The Balaban J connectivity index is 2.04. The molecule has 8 heteroatoms. The quantitative estimate of drug-likeness (QED) is 0.652. The Morgan fingerprint density at radius 1 is 1.12 bits per heavy atom. The van der Waals surface area contributed by atoms with Gasteiger partial charge in [0, 0.05) is 22.8 Å². The van der Waals surface area contributed by atoms with E-state index >= 15 is 0 Å². The summed E-state index contributed by atoms with van der Waals surface area (Å²) >= 11 is 0. The number of benzene rings is 2. The molecule has 0 amide bonds. The summed E-state index contributed by atoms with van der Waals surface area (Å²) in [6.45, 7) is -3.02. The van der Waals surface area contributed by atoms with Crippen molar-refractivity contribution in [3.63, 3.8) is 0 Å². The standard InChI is InChI=1S/C18H18F2O5S/c1-23-16-9-12(6-7-15(16)25-18(19)20)10-24-17(21)14-5-3-4-13(8-14)11-26(2)22/h3-9,18H,10-11H2,1-2H3. The fourth-order valence-electron chi connectivity index (χ4n) is 2.25. The molecule has 0 saturated heterocycles. The number of alkyl halides is 2. The van der Waals surface area contributed by atoms with Gasteiger partial charge in [-0.25, -0.2) is 4.79 Å². The minimum atomic E-state index is -2.96. The number of methoxy groups -OCH3 is 1. The van der Waals surface area contributed by atoms with E-state index in [1.165, 1.54) is 25.3 Å². The van der Waals surface area contributed by atoms with Crippen LogP contribution in [0.1, 0.15) is 21.5 Å². The van der Waals surface area contributed by atoms with Gasteiger partial charge in [0.05, 0.1) is 12.7 Å². The summed E-state index contributed by atoms with van der Waals surface area (Å²) in [6.07, 6.45) is 1.58. The zero-order valence-electron chi connectivity index (χ0n) is 14.2. The van der Waals surface area contributed by atoms with Crippen molar-refractivity contribution in [3.05, 3.63) is 59.2 Å². The molecule has 26 heavy (non-hydrogen) atoms. The van der Waals surface area contributed by atoms with Gasteiger partial charge in [-0.2, -0.15) is 8.78 Å². The molecule has 2 aromatic rings. The maximum Gasteiger partial charge on any atom is 0.387 e. The molecule has 0 aliphatic carbocycles. The van der Waals surface area contributed by atoms with E-state index in [-0.39, 0.29) is 18.1 Å². The van der Waals surface area contributed by atoms with E-state index in [4.69, 9.17) is 9.47 Å². The summed E-state index contributed by atoms with van der Waals surface area (Å²) in [5.74, 6) is -0.172. The van der Waals surface area contributed by atoms with Crippen molar-refractivity contribution >= 4 is 16.8 Å². The summed E-state index contributed by atoms with van der Waals surface area (Å²) in [4.78, 5) is 12.2. The molecule has 0 N–H and O–H groups in total. The first-order chi connectivity index (χ1) is 12.4. The van der Waals surface area contributed by atoms with E-state index in [1.54, 1.807) is 30.5 Å². The minimum Gasteiger partial charge on any atom is -0.493 e. The number of esters is 1. The number of carbonyl (C=O) groups excluding carboxylic acids is 1. The molecule has 0 heterocycles. The van der Waals surface area contributed by atoms with Gasteiger partial charge in [-0.15, -0.1) is 0 Å². The van der Waals surface area contributed by atoms with Crippen molar-refractivity contribution in [2.24, 2.45) is 0 Å². The number of hydrogen-bond donors (Lipinski definition) is 0. The third-order valence-corrected chi connectivity index (χ3v) is 4.09. The lowest BCUT2D eigenvalue weighted by Crippen LogP contribution is -2.07. The summed E-state index contributed by atoms with van der Waals surface area (Å²) < 4.78 is 50.5. The van der Waals surface area contributed by atoms with E-state index in [0.717, 1.165) is 5.56 Å². The van der Waals surface area contributed by atoms with Gasteiger partial charge in [0.1, 0.15) is 6.61 Å². The van der Waals surface area contributed by atoms with Crippen LogP contribution in [0.4, 0.5) is 8.78 Å². The van der Waals surface area contributed by atoms with Crippen LogP contribution in [0, 0.1) is 0 Å². The highest BCUT2D eigenvalue weighted by atomic mass is 32.2. The average molecular weight is 384 g/mol. The lowest BCUT2D eigenvalue weighted by atomic mass is 10.1. The van der Waals surface area contributed by atoms with Crippen LogP contribution in [0.3, 0.4) is 0 Å². The lowest BCUT2D eigenvalue weighted by molar-refractivity contribution is -0.0512. The first-order valence-corrected chi connectivity index (χ1v) is 9.29. The molecule has 0 fully saturated rings. The van der Waals surface area contributed by atoms with Crippen molar-refractivity contribution < 1.29 is 32.0 Å². The lowest BCUT2D eigenvalue weighted by Gasteiger charge is -2.12. The van der Waals surface area contributed by atoms with Crippen LogP contribution in [-0.2, 0) is 27.9 Å². The highest BCUT2D eigenvalue weighted by molar-refractivity contribution is 7.83. The van der Waals surface area contributed by atoms with Crippen LogP contribution >= 0.6 is 0 Å². The Kier molecular flexibility index (Phi) is 7.08. The molecule has 1 unspecified atom stereocenters. The molecule has 2 rings (SSSR count). The third kappa shape index (κ3) is 5.80. The van der Waals surface area contributed by atoms with E-state index in [2.05, 4.69) is 4.74 Å². The maximum absolute atomic E-state index is 12.3. The first-order valence-electron chi connectivity index (χ1n) is 7.57. The SMILES string of the molecule is COc1cc(COC(=O)c2cccc(CS(C)=O)c2)ccc1OC(F)F. The smallest absolute Gasteiger partial charge is 0.387 e. The Labute approximate surface area is 152 Å². The molecule has 5 nitrogen and oxygen atoms in total. The Hall–Kier alpha value is -2.48. The highest BCUT2D eigenvalue weighted by Gasteiger charge is 2.13. The van der Waals surface area contributed by atoms with Crippen molar-refractivity contribution in [2.45, 2.75) is 19.0 Å². The molecule has 140 valence electrons. The molecule has 0 aliphatic rings. The number of halogens is 2. The van der Waals surface area contributed by atoms with Crippen molar-refractivity contribution in [3.8, 4) is 11.5 Å². The number of ether oxygens (including phenoxy) is 3. The molecule has 0 aromatic heterocycles. The van der Waals surface area contributed by atoms with Crippen LogP contribution in [0.25, 0.3) is 0 Å². The molecule has 2 aromatic carbocycles. The zero-order valence-corrected chi connectivity index (χ0v) is 15.1. The fraction of sp³-hybridized carbons (Fsp3) is 0.278. The summed E-state index contributed by atoms with van der Waals surface area (Å²) in [7, 11) is 0.313. The topological polar surface area (TPSA) is 61.8 Å². The molecular formula is C18H18F2O5S. The summed E-state index contributed by atoms with van der Waals surface area (Å²) in [6, 6.07) is 11.0. The first kappa shape index (κ1) is 19.8. The van der Waals surface area contributed by atoms with Gasteiger partial charge in [-0.05, 0) is 35.4 Å². The van der Waals surface area contributed by atoms with Gasteiger partial charge in [0.15, 0.2) is 11.5 Å². The second kappa shape index (κ2) is 9.28. The molecule has 0 aliphatic heterocycles. The normalized spacial score (nSPS) is 11.9. The van der Waals surface area contributed by atoms with Crippen LogP contribution < -0.4 is 9.47 Å². The van der Waals surface area contributed by atoms with Gasteiger partial charge < -0.3 is 14.2 Å². The average Bonchev–Trinajstić information content (AvgIpc) is 2.59. The molecule has 0 bridgehead atoms. The molecule has 0 radical (unpaired) electrons. The fourth-order valence-corrected chi connectivity index (χ4v) is 2.90. The Bertz CT molecular complexity index is 795. The predicted octanol–water partition coefficient (Wildman–Crippen LogP) is 3.53. The molecule has 1 atom stereocenters. The van der Waals surface area contributed by atoms with Gasteiger partial charge >= 0.3 is 12.6 Å². The van der Waals surface area contributed by atoms with Gasteiger partial charge in [-0.3, -0.25) is 4.21 Å². The van der Waals surface area contributed by atoms with Crippen LogP contribution in [0.5, 0.6) is 11.5 Å². The van der Waals surface area contributed by atoms with Gasteiger partial charge in [-0.1, -0.05) is 18.2 Å². The second-order valence-corrected chi connectivity index (χ2v) is 6.79. The Morgan fingerprint density at radius 2 is 1.88 bits per heavy atom. The zero-order chi connectivity index (χ0) is 19.1. The predicted molar refractivity (Wildman–Crippen MR) is 93.0 cm³/mol. The van der Waals surface area contributed by atoms with Crippen molar-refractivity contribution in [1.82, 2.24) is 0 Å². The van der Waals surface area contributed by atoms with E-state index in [0.29, 0.717) is 16.9 Å². The van der Waals surface area contributed by atoms with E-state index < -0.39 is 23.4 Å². The third-order valence-electron chi connectivity index (χ3n) is 3.35. The van der Waals surface area contributed by atoms with Crippen molar-refractivity contribution in [1.29, 1.82) is 0 Å². The number of rotatable bonds is 8. The van der Waals surface area contributed by atoms with Gasteiger partial charge in [0.2, 0.25) is 0 Å². The molecule has 0 spiro atoms. The highest BCUT2D eigenvalue weighted by Crippen LogP contribution is 2.29. The van der Waals surface area contributed by atoms with Crippen LogP contribution in [-0.4, -0.2) is 30.2 Å². The second-order valence-electron chi connectivity index (χ2n) is 5.36. The Morgan fingerprint density at radius 3 is 2.54 bits per heavy atom. The van der Waals surface area contributed by atoms with Crippen molar-refractivity contribution in [2.75, 3.05) is 13.4 Å². The molecule has 0 saturated carbocycles. The molecular weight excluding hydrogens is 366 g/mol. The minimum absolute atomic E-state index is 0.0614. The van der Waals surface area contributed by atoms with E-state index in [9.17, 15) is 17.8 Å². The van der Waals surface area contributed by atoms with Crippen LogP contribution in [0.2, 0.25) is 0 Å². The van der Waals surface area contributed by atoms with Gasteiger partial charge in [0.25, 0.3) is 0 Å². The maximum atomic E-state index is 12.3. The largest absolute Gasteiger partial charge is 0.493 e. The summed E-state index contributed by atoms with van der Waals surface area (Å²) in [5.41, 5.74) is 1.68. The monoisotopic (exact) mass is 384 g/mol. The van der Waals surface area contributed by atoms with Crippen LogP contribution in [0.15, 0.2) is 42.5 Å².